The van der Waals surface area contributed by atoms with Gasteiger partial charge in [0.15, 0.2) is 6.29 Å². The van der Waals surface area contributed by atoms with Gasteiger partial charge in [-0.15, -0.1) is 0 Å². The standard InChI is InChI=1S/C7H6O2.CH4O/c8-7(9)6-2-4-1-5(4)3-6;1-2/h1-3,7-9H;2H,1H3. The predicted octanol–water partition coefficient (Wildman–Crippen LogP) is 0.259. The van der Waals surface area contributed by atoms with Crippen LogP contribution in [0.3, 0.4) is 0 Å². The molecule has 0 aromatic heterocycles. The van der Waals surface area contributed by atoms with Crippen molar-refractivity contribution in [2.24, 2.45) is 0 Å². The van der Waals surface area contributed by atoms with E-state index in [1.165, 1.54) is 0 Å². The van der Waals surface area contributed by atoms with Crippen LogP contribution < -0.4 is 0 Å². The summed E-state index contributed by atoms with van der Waals surface area (Å²) in [5, 5.41) is 24.2. The van der Waals surface area contributed by atoms with Crippen molar-refractivity contribution in [2.45, 2.75) is 6.29 Å². The van der Waals surface area contributed by atoms with Crippen molar-refractivity contribution in [3.05, 3.63) is 23.8 Å². The summed E-state index contributed by atoms with van der Waals surface area (Å²) in [6, 6.07) is 5.55. The highest BCUT2D eigenvalue weighted by Crippen LogP contribution is 2.37. The van der Waals surface area contributed by atoms with Crippen molar-refractivity contribution in [1.82, 2.24) is 0 Å². The summed E-state index contributed by atoms with van der Waals surface area (Å²) in [5.74, 6) is 0. The van der Waals surface area contributed by atoms with Crippen molar-refractivity contribution in [3.8, 4) is 11.1 Å². The molecule has 0 bridgehead atoms. The topological polar surface area (TPSA) is 60.7 Å². The van der Waals surface area contributed by atoms with Crippen molar-refractivity contribution < 1.29 is 15.3 Å². The van der Waals surface area contributed by atoms with Gasteiger partial charge in [0.25, 0.3) is 0 Å². The first-order valence-electron chi connectivity index (χ1n) is 3.23. The van der Waals surface area contributed by atoms with Gasteiger partial charge in [-0.1, -0.05) is 0 Å². The fourth-order valence-corrected chi connectivity index (χ4v) is 0.931. The van der Waals surface area contributed by atoms with E-state index < -0.39 is 6.29 Å². The molecule has 0 saturated carbocycles. The normalized spacial score (nSPS) is 10.6. The smallest absolute Gasteiger partial charge is 0.178 e. The molecule has 60 valence electrons. The second kappa shape index (κ2) is 3.00. The van der Waals surface area contributed by atoms with Gasteiger partial charge in [-0.25, -0.2) is 0 Å². The molecule has 0 aromatic carbocycles. The lowest BCUT2D eigenvalue weighted by Crippen LogP contribution is -1.90. The molecule has 0 radical (unpaired) electrons. The fraction of sp³-hybridized carbons (Fsp3) is 0.250. The molecule has 0 aromatic rings. The highest BCUT2D eigenvalue weighted by Gasteiger charge is 2.16. The molecule has 0 spiro atoms. The lowest BCUT2D eigenvalue weighted by atomic mass is 10.3. The SMILES string of the molecule is CO.OC(O)c1cc2cc-2c1. The van der Waals surface area contributed by atoms with E-state index in [1.807, 2.05) is 6.07 Å². The third-order valence-corrected chi connectivity index (χ3v) is 1.50. The quantitative estimate of drug-likeness (QED) is 0.516. The Morgan fingerprint density at radius 2 is 1.45 bits per heavy atom. The largest absolute Gasteiger partial charge is 0.400 e. The molecule has 2 aliphatic carbocycles. The number of rotatable bonds is 1. The zero-order valence-corrected chi connectivity index (χ0v) is 6.15. The van der Waals surface area contributed by atoms with E-state index in [1.54, 1.807) is 12.1 Å². The van der Waals surface area contributed by atoms with Crippen LogP contribution in [-0.4, -0.2) is 22.4 Å². The molecule has 2 aliphatic rings. The second-order valence-electron chi connectivity index (χ2n) is 2.22. The van der Waals surface area contributed by atoms with Gasteiger partial charge in [-0.2, -0.15) is 0 Å². The van der Waals surface area contributed by atoms with Crippen LogP contribution in [0, 0.1) is 0 Å². The van der Waals surface area contributed by atoms with E-state index in [4.69, 9.17) is 15.3 Å². The molecule has 2 rings (SSSR count). The summed E-state index contributed by atoms with van der Waals surface area (Å²) in [4.78, 5) is 0. The molecular formula is C8H10O3. The maximum absolute atomic E-state index is 8.61. The van der Waals surface area contributed by atoms with Gasteiger partial charge < -0.3 is 15.3 Å². The maximum atomic E-state index is 8.61. The van der Waals surface area contributed by atoms with Gasteiger partial charge in [0.1, 0.15) is 0 Å². The van der Waals surface area contributed by atoms with Crippen LogP contribution in [0.15, 0.2) is 18.2 Å². The molecule has 0 fully saturated rings. The molecule has 0 unspecified atom stereocenters. The molecule has 0 heterocycles. The van der Waals surface area contributed by atoms with Crippen molar-refractivity contribution in [1.29, 1.82) is 0 Å². The van der Waals surface area contributed by atoms with E-state index in [0.717, 1.165) is 18.2 Å². The Morgan fingerprint density at radius 1 is 1.00 bits per heavy atom. The van der Waals surface area contributed by atoms with E-state index in [-0.39, 0.29) is 0 Å². The third kappa shape index (κ3) is 1.57. The molecule has 0 amide bonds. The lowest BCUT2D eigenvalue weighted by Gasteiger charge is -1.96. The molecule has 3 heteroatoms. The van der Waals surface area contributed by atoms with E-state index in [0.29, 0.717) is 5.56 Å². The average molecular weight is 154 g/mol. The first-order chi connectivity index (χ1) is 5.27. The molecule has 0 aliphatic heterocycles. The zero-order chi connectivity index (χ0) is 8.43. The Morgan fingerprint density at radius 3 is 1.73 bits per heavy atom. The Kier molecular flexibility index (Phi) is 2.24. The van der Waals surface area contributed by atoms with Crippen molar-refractivity contribution >= 4 is 0 Å². The molecule has 0 saturated heterocycles. The van der Waals surface area contributed by atoms with Crippen LogP contribution in [0.1, 0.15) is 11.9 Å². The number of aliphatic hydroxyl groups is 3. The van der Waals surface area contributed by atoms with Crippen LogP contribution in [0.4, 0.5) is 0 Å². The van der Waals surface area contributed by atoms with Crippen molar-refractivity contribution in [2.75, 3.05) is 7.11 Å². The van der Waals surface area contributed by atoms with E-state index >= 15 is 0 Å². The third-order valence-electron chi connectivity index (χ3n) is 1.50. The number of aliphatic hydroxyl groups excluding tert-OH is 2. The monoisotopic (exact) mass is 154 g/mol. The van der Waals surface area contributed by atoms with Crippen LogP contribution >= 0.6 is 0 Å². The number of hydrogen-bond acceptors (Lipinski definition) is 3. The molecule has 3 nitrogen and oxygen atoms in total. The van der Waals surface area contributed by atoms with Crippen molar-refractivity contribution in [3.63, 3.8) is 0 Å². The van der Waals surface area contributed by atoms with E-state index in [2.05, 4.69) is 0 Å². The minimum atomic E-state index is -1.30. The summed E-state index contributed by atoms with van der Waals surface area (Å²) in [6.07, 6.45) is -1.30. The van der Waals surface area contributed by atoms with Gasteiger partial charge in [-0.05, 0) is 29.3 Å². The van der Waals surface area contributed by atoms with Gasteiger partial charge >= 0.3 is 0 Å². The summed E-state index contributed by atoms with van der Waals surface area (Å²) in [5.41, 5.74) is 2.87. The summed E-state index contributed by atoms with van der Waals surface area (Å²) in [6.45, 7) is 0. The number of hydrogen-bond donors (Lipinski definition) is 3. The van der Waals surface area contributed by atoms with Gasteiger partial charge in [-0.3, -0.25) is 0 Å². The minimum Gasteiger partial charge on any atom is -0.400 e. The van der Waals surface area contributed by atoms with Crippen LogP contribution in [0.2, 0.25) is 0 Å². The predicted molar refractivity (Wildman–Crippen MR) is 40.8 cm³/mol. The Bertz CT molecular complexity index is 235. The van der Waals surface area contributed by atoms with Gasteiger partial charge in [0.2, 0.25) is 0 Å². The Hall–Kier alpha value is -0.900. The van der Waals surface area contributed by atoms with Crippen LogP contribution in [0.5, 0.6) is 0 Å². The van der Waals surface area contributed by atoms with Crippen LogP contribution in [0.25, 0.3) is 11.1 Å². The highest BCUT2D eigenvalue weighted by molar-refractivity contribution is 5.82. The fourth-order valence-electron chi connectivity index (χ4n) is 0.931. The van der Waals surface area contributed by atoms with Gasteiger partial charge in [0, 0.05) is 12.7 Å². The molecular weight excluding hydrogens is 144 g/mol. The molecule has 11 heavy (non-hydrogen) atoms. The Labute approximate surface area is 64.5 Å². The first-order valence-corrected chi connectivity index (χ1v) is 3.23. The number of benzene rings is 1. The average Bonchev–Trinajstić information content (AvgIpc) is 2.63. The molecule has 3 N–H and O–H groups in total. The number of fused-ring (bicyclic) bond motifs is 1. The summed E-state index contributed by atoms with van der Waals surface area (Å²) in [7, 11) is 1.00. The maximum Gasteiger partial charge on any atom is 0.178 e. The lowest BCUT2D eigenvalue weighted by molar-refractivity contribution is -0.0422. The minimum absolute atomic E-state index is 0.600. The van der Waals surface area contributed by atoms with Crippen LogP contribution in [-0.2, 0) is 0 Å². The van der Waals surface area contributed by atoms with Gasteiger partial charge in [0.05, 0.1) is 0 Å². The highest BCUT2D eigenvalue weighted by atomic mass is 16.5. The molecule has 0 atom stereocenters. The summed E-state index contributed by atoms with van der Waals surface area (Å²) < 4.78 is 0. The Balaban J connectivity index is 0.000000281. The first kappa shape index (κ1) is 8.20. The summed E-state index contributed by atoms with van der Waals surface area (Å²) >= 11 is 0. The zero-order valence-electron chi connectivity index (χ0n) is 6.15. The second-order valence-corrected chi connectivity index (χ2v) is 2.22. The van der Waals surface area contributed by atoms with E-state index in [9.17, 15) is 0 Å².